The molecular weight excluding hydrogens is 481 g/mol. The van der Waals surface area contributed by atoms with Crippen LogP contribution in [0.4, 0.5) is 13.2 Å². The molecule has 1 aliphatic heterocycles. The summed E-state index contributed by atoms with van der Waals surface area (Å²) in [5.41, 5.74) is 9.17. The van der Waals surface area contributed by atoms with Gasteiger partial charge in [0.15, 0.2) is 0 Å². The van der Waals surface area contributed by atoms with Crippen molar-refractivity contribution in [1.82, 2.24) is 4.90 Å². The fourth-order valence-electron chi connectivity index (χ4n) is 4.94. The van der Waals surface area contributed by atoms with E-state index in [0.29, 0.717) is 23.3 Å². The predicted molar refractivity (Wildman–Crippen MR) is 132 cm³/mol. The largest absolute Gasteiger partial charge is 0.460 e. The lowest BCUT2D eigenvalue weighted by molar-refractivity contribution is -0.123. The Morgan fingerprint density at radius 1 is 0.892 bits per heavy atom. The number of alkyl halides is 2. The Morgan fingerprint density at radius 2 is 1.54 bits per heavy atom. The Balaban J connectivity index is 1.37. The molecular formula is C29H23F3N2O3. The van der Waals surface area contributed by atoms with Crippen LogP contribution >= 0.6 is 0 Å². The van der Waals surface area contributed by atoms with E-state index in [1.807, 2.05) is 18.2 Å². The molecule has 0 unspecified atom stereocenters. The van der Waals surface area contributed by atoms with Gasteiger partial charge in [-0.2, -0.15) is 0 Å². The van der Waals surface area contributed by atoms with Crippen molar-refractivity contribution in [1.29, 1.82) is 0 Å². The molecule has 3 aromatic carbocycles. The van der Waals surface area contributed by atoms with E-state index < -0.39 is 30.3 Å². The molecule has 2 amide bonds. The highest BCUT2D eigenvalue weighted by Crippen LogP contribution is 2.49. The van der Waals surface area contributed by atoms with E-state index in [-0.39, 0.29) is 11.7 Å². The molecule has 1 saturated heterocycles. The van der Waals surface area contributed by atoms with Crippen LogP contribution in [-0.4, -0.2) is 35.7 Å². The van der Waals surface area contributed by atoms with Gasteiger partial charge in [0.2, 0.25) is 5.91 Å². The van der Waals surface area contributed by atoms with E-state index in [1.165, 1.54) is 12.1 Å². The van der Waals surface area contributed by atoms with Gasteiger partial charge in [0.1, 0.15) is 17.2 Å². The summed E-state index contributed by atoms with van der Waals surface area (Å²) in [6, 6.07) is 18.7. The van der Waals surface area contributed by atoms with Crippen molar-refractivity contribution in [2.75, 3.05) is 13.1 Å². The number of benzene rings is 3. The minimum absolute atomic E-state index is 0.330. The van der Waals surface area contributed by atoms with Crippen molar-refractivity contribution in [3.63, 3.8) is 0 Å². The second-order valence-electron chi connectivity index (χ2n) is 10.1. The molecule has 188 valence electrons. The van der Waals surface area contributed by atoms with Crippen molar-refractivity contribution in [3.05, 3.63) is 83.9 Å². The number of hydrogen-bond acceptors (Lipinski definition) is 3. The van der Waals surface area contributed by atoms with E-state index in [9.17, 15) is 22.8 Å². The summed E-state index contributed by atoms with van der Waals surface area (Å²) >= 11 is 0. The summed E-state index contributed by atoms with van der Waals surface area (Å²) in [5, 5.41) is 0.815. The van der Waals surface area contributed by atoms with Gasteiger partial charge >= 0.3 is 0 Å². The first kappa shape index (κ1) is 23.3. The molecule has 2 N–H and O–H groups in total. The molecule has 37 heavy (non-hydrogen) atoms. The molecule has 1 aromatic heterocycles. The summed E-state index contributed by atoms with van der Waals surface area (Å²) in [7, 11) is 0. The number of hydrogen-bond donors (Lipinski definition) is 1. The zero-order chi connectivity index (χ0) is 25.9. The normalized spacial score (nSPS) is 17.4. The topological polar surface area (TPSA) is 76.5 Å². The molecule has 5 nitrogen and oxygen atoms in total. The summed E-state index contributed by atoms with van der Waals surface area (Å²) in [6.07, 6.45) is 1.88. The van der Waals surface area contributed by atoms with Gasteiger partial charge in [0.25, 0.3) is 11.8 Å². The standard InChI is InChI=1S/C29H23F3N2O3/c30-22-7-5-18(6-8-22)24-13-20(11-21-12-23(37-25(21)24)14-28(9-10-28)27(33)36)17-1-3-19(4-2-17)26(35)34-15-29(31,32)16-34/h1-8,11-13H,9-10,14-16H2,(H2,33,36). The Labute approximate surface area is 210 Å². The Morgan fingerprint density at radius 3 is 2.14 bits per heavy atom. The van der Waals surface area contributed by atoms with E-state index in [0.717, 1.165) is 45.4 Å². The average molecular weight is 505 g/mol. The van der Waals surface area contributed by atoms with Gasteiger partial charge in [-0.3, -0.25) is 9.59 Å². The van der Waals surface area contributed by atoms with Crippen molar-refractivity contribution >= 4 is 22.8 Å². The minimum Gasteiger partial charge on any atom is -0.460 e. The Hall–Kier alpha value is -4.07. The van der Waals surface area contributed by atoms with Gasteiger partial charge in [-0.05, 0) is 72.0 Å². The molecule has 0 bridgehead atoms. The second kappa shape index (κ2) is 8.23. The van der Waals surface area contributed by atoms with Crippen LogP contribution < -0.4 is 5.73 Å². The Bertz CT molecular complexity index is 1530. The zero-order valence-corrected chi connectivity index (χ0v) is 19.8. The number of nitrogens with two attached hydrogens (primary N) is 1. The number of halogens is 3. The van der Waals surface area contributed by atoms with Crippen LogP contribution in [0, 0.1) is 11.2 Å². The van der Waals surface area contributed by atoms with Crippen LogP contribution in [0.3, 0.4) is 0 Å². The maximum Gasteiger partial charge on any atom is 0.282 e. The first-order valence-corrected chi connectivity index (χ1v) is 12.0. The lowest BCUT2D eigenvalue weighted by Gasteiger charge is -2.38. The fraction of sp³-hybridized carbons (Fsp3) is 0.241. The molecule has 4 aromatic rings. The number of carbonyl (C=O) groups excluding carboxylic acids is 2. The van der Waals surface area contributed by atoms with Gasteiger partial charge in [-0.25, -0.2) is 13.2 Å². The van der Waals surface area contributed by atoms with Crippen molar-refractivity contribution in [2.45, 2.75) is 25.2 Å². The lowest BCUT2D eigenvalue weighted by Crippen LogP contribution is -2.58. The molecule has 8 heteroatoms. The number of primary amides is 1. The van der Waals surface area contributed by atoms with E-state index in [1.54, 1.807) is 36.4 Å². The van der Waals surface area contributed by atoms with Gasteiger partial charge in [0, 0.05) is 22.9 Å². The highest BCUT2D eigenvalue weighted by atomic mass is 19.3. The van der Waals surface area contributed by atoms with E-state index in [2.05, 4.69) is 0 Å². The summed E-state index contributed by atoms with van der Waals surface area (Å²) in [4.78, 5) is 25.5. The van der Waals surface area contributed by atoms with Gasteiger partial charge < -0.3 is 15.1 Å². The van der Waals surface area contributed by atoms with E-state index in [4.69, 9.17) is 10.2 Å². The number of nitrogens with zero attached hydrogens (tertiary/aromatic N) is 1. The first-order chi connectivity index (χ1) is 17.6. The van der Waals surface area contributed by atoms with Crippen molar-refractivity contribution < 1.29 is 27.2 Å². The highest BCUT2D eigenvalue weighted by molar-refractivity contribution is 5.98. The smallest absolute Gasteiger partial charge is 0.282 e. The predicted octanol–water partition coefficient (Wildman–Crippen LogP) is 5.81. The van der Waals surface area contributed by atoms with Gasteiger partial charge in [0.05, 0.1) is 18.5 Å². The maximum absolute atomic E-state index is 13.6. The number of carbonyl (C=O) groups is 2. The minimum atomic E-state index is -2.82. The highest BCUT2D eigenvalue weighted by Gasteiger charge is 2.49. The maximum atomic E-state index is 13.6. The number of rotatable bonds is 6. The van der Waals surface area contributed by atoms with Crippen LogP contribution in [0.15, 0.2) is 71.1 Å². The molecule has 0 spiro atoms. The molecule has 2 fully saturated rings. The molecule has 2 aliphatic rings. The van der Waals surface area contributed by atoms with Gasteiger partial charge in [-0.15, -0.1) is 0 Å². The van der Waals surface area contributed by atoms with Gasteiger partial charge in [-0.1, -0.05) is 24.3 Å². The third-order valence-electron chi connectivity index (χ3n) is 7.31. The third-order valence-corrected chi connectivity index (χ3v) is 7.31. The molecule has 1 saturated carbocycles. The number of likely N-dealkylation sites (tertiary alicyclic amines) is 1. The number of furan rings is 1. The van der Waals surface area contributed by atoms with Crippen molar-refractivity contribution in [3.8, 4) is 22.3 Å². The quantitative estimate of drug-likeness (QED) is 0.360. The summed E-state index contributed by atoms with van der Waals surface area (Å²) < 4.78 is 46.2. The molecule has 1 aliphatic carbocycles. The van der Waals surface area contributed by atoms with Crippen molar-refractivity contribution in [2.24, 2.45) is 11.1 Å². The zero-order valence-electron chi connectivity index (χ0n) is 19.8. The van der Waals surface area contributed by atoms with E-state index >= 15 is 0 Å². The summed E-state index contributed by atoms with van der Waals surface area (Å²) in [6.45, 7) is -1.13. The lowest BCUT2D eigenvalue weighted by atomic mass is 9.95. The fourth-order valence-corrected chi connectivity index (χ4v) is 4.94. The number of fused-ring (bicyclic) bond motifs is 1. The summed E-state index contributed by atoms with van der Waals surface area (Å²) in [5.74, 6) is -3.28. The third kappa shape index (κ3) is 4.26. The van der Waals surface area contributed by atoms with Crippen LogP contribution in [-0.2, 0) is 11.2 Å². The first-order valence-electron chi connectivity index (χ1n) is 12.0. The SMILES string of the molecule is NC(=O)C1(Cc2cc3cc(-c4ccc(C(=O)N5CC(F)(F)C5)cc4)cc(-c4ccc(F)cc4)c3o2)CC1. The molecule has 2 heterocycles. The van der Waals surface area contributed by atoms with Crippen LogP contribution in [0.25, 0.3) is 33.2 Å². The van der Waals surface area contributed by atoms with Crippen LogP contribution in [0.5, 0.6) is 0 Å². The van der Waals surface area contributed by atoms with Crippen LogP contribution in [0.2, 0.25) is 0 Å². The average Bonchev–Trinajstić information content (AvgIpc) is 3.53. The molecule has 6 rings (SSSR count). The molecule has 0 radical (unpaired) electrons. The van der Waals surface area contributed by atoms with Crippen LogP contribution in [0.1, 0.15) is 29.0 Å². The second-order valence-corrected chi connectivity index (χ2v) is 10.1. The molecule has 0 atom stereocenters. The number of amides is 2. The monoisotopic (exact) mass is 504 g/mol. The Kier molecular flexibility index (Phi) is 5.19.